The molecular weight excluding hydrogens is 276 g/mol. The highest BCUT2D eigenvalue weighted by molar-refractivity contribution is 5.42. The topological polar surface area (TPSA) is 34.6 Å². The molecule has 0 aliphatic carbocycles. The largest absolute Gasteiger partial charge is 0.493 e. The van der Waals surface area contributed by atoms with Gasteiger partial charge in [-0.15, -0.1) is 0 Å². The molecule has 0 N–H and O–H groups in total. The number of benzene rings is 1. The van der Waals surface area contributed by atoms with Crippen LogP contribution in [0.25, 0.3) is 0 Å². The highest BCUT2D eigenvalue weighted by Crippen LogP contribution is 2.30. The van der Waals surface area contributed by atoms with Crippen molar-refractivity contribution in [3.63, 3.8) is 0 Å². The van der Waals surface area contributed by atoms with Gasteiger partial charge in [0.15, 0.2) is 11.5 Å². The predicted molar refractivity (Wildman–Crippen MR) is 86.5 cm³/mol. The maximum atomic E-state index is 5.49. The van der Waals surface area contributed by atoms with E-state index in [4.69, 9.17) is 9.47 Å². The van der Waals surface area contributed by atoms with Gasteiger partial charge in [-0.25, -0.2) is 0 Å². The third kappa shape index (κ3) is 3.07. The predicted octanol–water partition coefficient (Wildman–Crippen LogP) is 2.70. The zero-order chi connectivity index (χ0) is 15.4. The van der Waals surface area contributed by atoms with E-state index in [0.29, 0.717) is 0 Å². The molecule has 4 heteroatoms. The number of methoxy groups -OCH3 is 2. The van der Waals surface area contributed by atoms with Gasteiger partial charge in [-0.2, -0.15) is 0 Å². The van der Waals surface area contributed by atoms with Crippen molar-refractivity contribution in [3.8, 4) is 11.5 Å². The van der Waals surface area contributed by atoms with Crippen LogP contribution in [-0.2, 0) is 19.4 Å². The molecule has 1 aromatic heterocycles. The van der Waals surface area contributed by atoms with Crippen molar-refractivity contribution in [2.24, 2.45) is 0 Å². The van der Waals surface area contributed by atoms with Gasteiger partial charge in [-0.05, 0) is 24.0 Å². The van der Waals surface area contributed by atoms with Crippen LogP contribution in [-0.4, -0.2) is 37.2 Å². The summed E-state index contributed by atoms with van der Waals surface area (Å²) >= 11 is 0. The zero-order valence-corrected chi connectivity index (χ0v) is 13.2. The fourth-order valence-corrected chi connectivity index (χ4v) is 3.05. The number of pyridine rings is 1. The van der Waals surface area contributed by atoms with Crippen LogP contribution in [0.5, 0.6) is 11.5 Å². The molecule has 116 valence electrons. The van der Waals surface area contributed by atoms with Gasteiger partial charge in [0.2, 0.25) is 0 Å². The molecule has 0 bridgehead atoms. The maximum Gasteiger partial charge on any atom is 0.183 e. The lowest BCUT2D eigenvalue weighted by Crippen LogP contribution is -2.26. The van der Waals surface area contributed by atoms with Gasteiger partial charge >= 0.3 is 0 Å². The Balaban J connectivity index is 1.75. The third-order valence-electron chi connectivity index (χ3n) is 4.25. The molecule has 2 aromatic rings. The quantitative estimate of drug-likeness (QED) is 0.869. The SMILES string of the molecule is COc1ccnc(CN2CCc3ccccc3CC2)c1OC. The van der Waals surface area contributed by atoms with Crippen molar-refractivity contribution < 1.29 is 9.47 Å². The summed E-state index contributed by atoms with van der Waals surface area (Å²) in [5.41, 5.74) is 3.87. The Labute approximate surface area is 131 Å². The lowest BCUT2D eigenvalue weighted by Gasteiger charge is -2.21. The number of ether oxygens (including phenoxy) is 2. The molecule has 0 atom stereocenters. The minimum atomic E-state index is 0.741. The second-order valence-electron chi connectivity index (χ2n) is 5.54. The standard InChI is InChI=1S/C18H22N2O2/c1-21-17-7-10-19-16(18(17)22-2)13-20-11-8-14-5-3-4-6-15(14)9-12-20/h3-7,10H,8-9,11-13H2,1-2H3. The summed E-state index contributed by atoms with van der Waals surface area (Å²) in [7, 11) is 3.32. The van der Waals surface area contributed by atoms with Crippen LogP contribution in [0.15, 0.2) is 36.5 Å². The van der Waals surface area contributed by atoms with Crippen molar-refractivity contribution in [3.05, 3.63) is 53.3 Å². The van der Waals surface area contributed by atoms with Gasteiger partial charge in [0.05, 0.1) is 14.2 Å². The Morgan fingerprint density at radius 1 is 1.00 bits per heavy atom. The Kier molecular flexibility index (Phi) is 4.59. The van der Waals surface area contributed by atoms with E-state index in [1.807, 2.05) is 6.07 Å². The van der Waals surface area contributed by atoms with Gasteiger partial charge < -0.3 is 9.47 Å². The second-order valence-corrected chi connectivity index (χ2v) is 5.54. The lowest BCUT2D eigenvalue weighted by atomic mass is 10.0. The molecule has 1 aliphatic heterocycles. The summed E-state index contributed by atoms with van der Waals surface area (Å²) in [6.07, 6.45) is 3.95. The first-order chi connectivity index (χ1) is 10.8. The fraction of sp³-hybridized carbons (Fsp3) is 0.389. The van der Waals surface area contributed by atoms with Crippen molar-refractivity contribution >= 4 is 0 Å². The monoisotopic (exact) mass is 298 g/mol. The number of hydrogen-bond donors (Lipinski definition) is 0. The average molecular weight is 298 g/mol. The summed E-state index contributed by atoms with van der Waals surface area (Å²) in [5.74, 6) is 1.48. The maximum absolute atomic E-state index is 5.49. The molecule has 1 aliphatic rings. The minimum Gasteiger partial charge on any atom is -0.493 e. The van der Waals surface area contributed by atoms with E-state index in [9.17, 15) is 0 Å². The van der Waals surface area contributed by atoms with E-state index in [-0.39, 0.29) is 0 Å². The Bertz CT molecular complexity index is 616. The number of aromatic nitrogens is 1. The van der Waals surface area contributed by atoms with Crippen LogP contribution in [0.3, 0.4) is 0 Å². The molecule has 22 heavy (non-hydrogen) atoms. The molecule has 0 saturated carbocycles. The van der Waals surface area contributed by atoms with E-state index in [2.05, 4.69) is 34.1 Å². The molecule has 0 fully saturated rings. The molecule has 2 heterocycles. The number of nitrogens with zero attached hydrogens (tertiary/aromatic N) is 2. The molecule has 3 rings (SSSR count). The van der Waals surface area contributed by atoms with Crippen LogP contribution in [0, 0.1) is 0 Å². The van der Waals surface area contributed by atoms with Gasteiger partial charge in [0, 0.05) is 31.9 Å². The first-order valence-corrected chi connectivity index (χ1v) is 7.67. The fourth-order valence-electron chi connectivity index (χ4n) is 3.05. The van der Waals surface area contributed by atoms with Gasteiger partial charge in [0.1, 0.15) is 5.69 Å². The Morgan fingerprint density at radius 2 is 1.68 bits per heavy atom. The van der Waals surface area contributed by atoms with Crippen LogP contribution >= 0.6 is 0 Å². The first kappa shape index (κ1) is 14.9. The molecule has 0 radical (unpaired) electrons. The molecule has 1 aromatic carbocycles. The normalized spacial score (nSPS) is 15.0. The summed E-state index contributed by atoms with van der Waals surface area (Å²) in [4.78, 5) is 6.92. The van der Waals surface area contributed by atoms with Gasteiger partial charge in [-0.3, -0.25) is 9.88 Å². The van der Waals surface area contributed by atoms with E-state index < -0.39 is 0 Å². The molecule has 4 nitrogen and oxygen atoms in total. The first-order valence-electron chi connectivity index (χ1n) is 7.67. The van der Waals surface area contributed by atoms with Crippen molar-refractivity contribution in [1.29, 1.82) is 0 Å². The van der Waals surface area contributed by atoms with E-state index in [1.54, 1.807) is 20.4 Å². The van der Waals surface area contributed by atoms with E-state index in [0.717, 1.165) is 49.7 Å². The summed E-state index contributed by atoms with van der Waals surface area (Å²) in [5, 5.41) is 0. The Morgan fingerprint density at radius 3 is 2.27 bits per heavy atom. The lowest BCUT2D eigenvalue weighted by molar-refractivity contribution is 0.267. The third-order valence-corrected chi connectivity index (χ3v) is 4.25. The molecule has 0 spiro atoms. The average Bonchev–Trinajstić information content (AvgIpc) is 2.77. The highest BCUT2D eigenvalue weighted by atomic mass is 16.5. The highest BCUT2D eigenvalue weighted by Gasteiger charge is 2.17. The Hall–Kier alpha value is -2.07. The van der Waals surface area contributed by atoms with Crippen LogP contribution in [0.2, 0.25) is 0 Å². The smallest absolute Gasteiger partial charge is 0.183 e. The number of hydrogen-bond acceptors (Lipinski definition) is 4. The molecule has 0 amide bonds. The van der Waals surface area contributed by atoms with Crippen LogP contribution in [0.1, 0.15) is 16.8 Å². The summed E-state index contributed by atoms with van der Waals surface area (Å²) in [6.45, 7) is 2.87. The molecule has 0 saturated heterocycles. The van der Waals surface area contributed by atoms with Gasteiger partial charge in [-0.1, -0.05) is 24.3 Å². The zero-order valence-electron chi connectivity index (χ0n) is 13.2. The van der Waals surface area contributed by atoms with Crippen molar-refractivity contribution in [1.82, 2.24) is 9.88 Å². The second kappa shape index (κ2) is 6.79. The van der Waals surface area contributed by atoms with Crippen molar-refractivity contribution in [2.45, 2.75) is 19.4 Å². The summed E-state index contributed by atoms with van der Waals surface area (Å²) in [6, 6.07) is 10.6. The van der Waals surface area contributed by atoms with Crippen LogP contribution in [0.4, 0.5) is 0 Å². The van der Waals surface area contributed by atoms with E-state index in [1.165, 1.54) is 11.1 Å². The molecular formula is C18H22N2O2. The number of rotatable bonds is 4. The number of fused-ring (bicyclic) bond motifs is 1. The summed E-state index contributed by atoms with van der Waals surface area (Å²) < 4.78 is 10.8. The molecule has 0 unspecified atom stereocenters. The van der Waals surface area contributed by atoms with Gasteiger partial charge in [0.25, 0.3) is 0 Å². The minimum absolute atomic E-state index is 0.741. The van der Waals surface area contributed by atoms with Crippen molar-refractivity contribution in [2.75, 3.05) is 27.3 Å². The van der Waals surface area contributed by atoms with E-state index >= 15 is 0 Å². The van der Waals surface area contributed by atoms with Crippen LogP contribution < -0.4 is 9.47 Å².